The molecule has 0 fully saturated rings. The molecule has 1 heterocycles. The summed E-state index contributed by atoms with van der Waals surface area (Å²) in [6, 6.07) is 19.6. The molecular formula is C15H12N2O. The molecule has 0 aliphatic heterocycles. The molecule has 0 saturated carbocycles. The van der Waals surface area contributed by atoms with Crippen LogP contribution in [0, 0.1) is 0 Å². The summed E-state index contributed by atoms with van der Waals surface area (Å²) in [5.41, 5.74) is 1.94. The Kier molecular flexibility index (Phi) is 2.80. The van der Waals surface area contributed by atoms with Gasteiger partial charge in [0.1, 0.15) is 11.5 Å². The highest BCUT2D eigenvalue weighted by Crippen LogP contribution is 2.31. The predicted molar refractivity (Wildman–Crippen MR) is 70.5 cm³/mol. The smallest absolute Gasteiger partial charge is 0.136 e. The van der Waals surface area contributed by atoms with Crippen molar-refractivity contribution in [1.29, 1.82) is 0 Å². The maximum Gasteiger partial charge on any atom is 0.136 e. The van der Waals surface area contributed by atoms with E-state index in [0.29, 0.717) is 0 Å². The van der Waals surface area contributed by atoms with Crippen molar-refractivity contribution in [3.05, 3.63) is 66.9 Å². The van der Waals surface area contributed by atoms with Crippen LogP contribution in [0.1, 0.15) is 0 Å². The SMILES string of the molecule is c1ccc(Oc2ccccc2-c2ccn[nH]2)cc1. The van der Waals surface area contributed by atoms with E-state index in [1.54, 1.807) is 6.20 Å². The van der Waals surface area contributed by atoms with Gasteiger partial charge in [0.2, 0.25) is 0 Å². The number of hydrogen-bond acceptors (Lipinski definition) is 2. The lowest BCUT2D eigenvalue weighted by Crippen LogP contribution is -1.88. The van der Waals surface area contributed by atoms with Crippen LogP contribution in [0.2, 0.25) is 0 Å². The average Bonchev–Trinajstić information content (AvgIpc) is 2.94. The molecule has 0 radical (unpaired) electrons. The number of aromatic nitrogens is 2. The quantitative estimate of drug-likeness (QED) is 0.749. The fraction of sp³-hybridized carbons (Fsp3) is 0. The van der Waals surface area contributed by atoms with Crippen molar-refractivity contribution in [2.45, 2.75) is 0 Å². The summed E-state index contributed by atoms with van der Waals surface area (Å²) in [5.74, 6) is 1.64. The second-order valence-electron chi connectivity index (χ2n) is 3.88. The number of para-hydroxylation sites is 2. The average molecular weight is 236 g/mol. The molecule has 3 heteroatoms. The van der Waals surface area contributed by atoms with Crippen LogP contribution < -0.4 is 4.74 Å². The molecule has 0 amide bonds. The normalized spacial score (nSPS) is 10.2. The van der Waals surface area contributed by atoms with Gasteiger partial charge in [0, 0.05) is 11.8 Å². The molecule has 2 aromatic carbocycles. The minimum absolute atomic E-state index is 0.813. The molecule has 0 spiro atoms. The van der Waals surface area contributed by atoms with Crippen molar-refractivity contribution in [1.82, 2.24) is 10.2 Å². The van der Waals surface area contributed by atoms with E-state index < -0.39 is 0 Å². The highest BCUT2D eigenvalue weighted by molar-refractivity contribution is 5.67. The second kappa shape index (κ2) is 4.75. The lowest BCUT2D eigenvalue weighted by atomic mass is 10.1. The lowest BCUT2D eigenvalue weighted by Gasteiger charge is -2.09. The monoisotopic (exact) mass is 236 g/mol. The Hall–Kier alpha value is -2.55. The third-order valence-electron chi connectivity index (χ3n) is 2.65. The van der Waals surface area contributed by atoms with Gasteiger partial charge in [0.05, 0.1) is 5.69 Å². The van der Waals surface area contributed by atoms with Crippen LogP contribution in [0.3, 0.4) is 0 Å². The van der Waals surface area contributed by atoms with Crippen LogP contribution in [-0.4, -0.2) is 10.2 Å². The fourth-order valence-corrected chi connectivity index (χ4v) is 1.80. The van der Waals surface area contributed by atoms with E-state index in [9.17, 15) is 0 Å². The Morgan fingerprint density at radius 2 is 1.61 bits per heavy atom. The van der Waals surface area contributed by atoms with Gasteiger partial charge in [0.15, 0.2) is 0 Å². The Bertz CT molecular complexity index is 618. The number of nitrogens with one attached hydrogen (secondary N) is 1. The first-order chi connectivity index (χ1) is 8.93. The van der Waals surface area contributed by atoms with Gasteiger partial charge in [-0.15, -0.1) is 0 Å². The summed E-state index contributed by atoms with van der Waals surface area (Å²) in [6.07, 6.45) is 1.73. The van der Waals surface area contributed by atoms with Crippen molar-refractivity contribution < 1.29 is 4.74 Å². The zero-order chi connectivity index (χ0) is 12.2. The Morgan fingerprint density at radius 3 is 2.39 bits per heavy atom. The van der Waals surface area contributed by atoms with Gasteiger partial charge in [-0.05, 0) is 30.3 Å². The van der Waals surface area contributed by atoms with E-state index in [0.717, 1.165) is 22.8 Å². The summed E-state index contributed by atoms with van der Waals surface area (Å²) < 4.78 is 5.89. The van der Waals surface area contributed by atoms with Gasteiger partial charge < -0.3 is 4.74 Å². The number of H-pyrrole nitrogens is 1. The number of ether oxygens (including phenoxy) is 1. The Labute approximate surface area is 105 Å². The molecule has 0 saturated heterocycles. The number of rotatable bonds is 3. The second-order valence-corrected chi connectivity index (χ2v) is 3.88. The molecule has 3 nitrogen and oxygen atoms in total. The molecule has 0 aliphatic rings. The zero-order valence-electron chi connectivity index (χ0n) is 9.71. The summed E-state index contributed by atoms with van der Waals surface area (Å²) in [7, 11) is 0. The van der Waals surface area contributed by atoms with Crippen molar-refractivity contribution in [3.8, 4) is 22.8 Å². The first-order valence-electron chi connectivity index (χ1n) is 5.75. The minimum Gasteiger partial charge on any atom is -0.457 e. The van der Waals surface area contributed by atoms with E-state index in [2.05, 4.69) is 10.2 Å². The van der Waals surface area contributed by atoms with Gasteiger partial charge in [-0.3, -0.25) is 5.10 Å². The van der Waals surface area contributed by atoms with Gasteiger partial charge in [-0.25, -0.2) is 0 Å². The van der Waals surface area contributed by atoms with E-state index in [-0.39, 0.29) is 0 Å². The molecule has 18 heavy (non-hydrogen) atoms. The largest absolute Gasteiger partial charge is 0.457 e. The van der Waals surface area contributed by atoms with Gasteiger partial charge in [-0.2, -0.15) is 5.10 Å². The molecular weight excluding hydrogens is 224 g/mol. The van der Waals surface area contributed by atoms with Crippen LogP contribution in [0.5, 0.6) is 11.5 Å². The first kappa shape index (κ1) is 10.6. The van der Waals surface area contributed by atoms with Crippen LogP contribution in [-0.2, 0) is 0 Å². The number of aromatic amines is 1. The van der Waals surface area contributed by atoms with Crippen molar-refractivity contribution in [3.63, 3.8) is 0 Å². The Balaban J connectivity index is 1.98. The maximum absolute atomic E-state index is 5.89. The lowest BCUT2D eigenvalue weighted by molar-refractivity contribution is 0.484. The van der Waals surface area contributed by atoms with E-state index in [1.165, 1.54) is 0 Å². The topological polar surface area (TPSA) is 37.9 Å². The van der Waals surface area contributed by atoms with Crippen molar-refractivity contribution in [2.24, 2.45) is 0 Å². The van der Waals surface area contributed by atoms with Gasteiger partial charge in [0.25, 0.3) is 0 Å². The third-order valence-corrected chi connectivity index (χ3v) is 2.65. The molecule has 0 atom stereocenters. The molecule has 3 rings (SSSR count). The zero-order valence-corrected chi connectivity index (χ0v) is 9.71. The van der Waals surface area contributed by atoms with Crippen molar-refractivity contribution >= 4 is 0 Å². The molecule has 3 aromatic rings. The standard InChI is InChI=1S/C15H12N2O/c1-2-6-12(7-3-1)18-15-9-5-4-8-13(15)14-10-11-16-17-14/h1-11H,(H,16,17). The highest BCUT2D eigenvalue weighted by atomic mass is 16.5. The first-order valence-corrected chi connectivity index (χ1v) is 5.75. The van der Waals surface area contributed by atoms with E-state index in [1.807, 2.05) is 60.7 Å². The van der Waals surface area contributed by atoms with E-state index in [4.69, 9.17) is 4.74 Å². The molecule has 88 valence electrons. The van der Waals surface area contributed by atoms with Gasteiger partial charge in [-0.1, -0.05) is 30.3 Å². The molecule has 0 unspecified atom stereocenters. The van der Waals surface area contributed by atoms with Crippen LogP contribution in [0.25, 0.3) is 11.3 Å². The number of nitrogens with zero attached hydrogens (tertiary/aromatic N) is 1. The predicted octanol–water partition coefficient (Wildman–Crippen LogP) is 3.87. The molecule has 0 bridgehead atoms. The van der Waals surface area contributed by atoms with Crippen LogP contribution >= 0.6 is 0 Å². The van der Waals surface area contributed by atoms with Gasteiger partial charge >= 0.3 is 0 Å². The van der Waals surface area contributed by atoms with Crippen LogP contribution in [0.15, 0.2) is 66.9 Å². The molecule has 0 aliphatic carbocycles. The summed E-state index contributed by atoms with van der Waals surface area (Å²) in [6.45, 7) is 0. The minimum atomic E-state index is 0.813. The Morgan fingerprint density at radius 1 is 0.833 bits per heavy atom. The summed E-state index contributed by atoms with van der Waals surface area (Å²) in [4.78, 5) is 0. The maximum atomic E-state index is 5.89. The van der Waals surface area contributed by atoms with Crippen LogP contribution in [0.4, 0.5) is 0 Å². The number of benzene rings is 2. The molecule has 1 N–H and O–H groups in total. The number of hydrogen-bond donors (Lipinski definition) is 1. The highest BCUT2D eigenvalue weighted by Gasteiger charge is 2.07. The van der Waals surface area contributed by atoms with Crippen molar-refractivity contribution in [2.75, 3.05) is 0 Å². The fourth-order valence-electron chi connectivity index (χ4n) is 1.80. The van der Waals surface area contributed by atoms with E-state index >= 15 is 0 Å². The summed E-state index contributed by atoms with van der Waals surface area (Å²) >= 11 is 0. The summed E-state index contributed by atoms with van der Waals surface area (Å²) in [5, 5.41) is 6.92. The third kappa shape index (κ3) is 2.11. The molecule has 1 aromatic heterocycles.